The van der Waals surface area contributed by atoms with Crippen molar-refractivity contribution < 1.29 is 26.9 Å². The number of para-hydroxylation sites is 2. The van der Waals surface area contributed by atoms with E-state index in [1.54, 1.807) is 42.5 Å². The lowest BCUT2D eigenvalue weighted by Crippen LogP contribution is -2.17. The molecule has 0 spiro atoms. The molecule has 10 aromatic rings. The van der Waals surface area contributed by atoms with E-state index in [2.05, 4.69) is 4.90 Å². The number of benzene rings is 10. The molecule has 10 rings (SSSR count). The van der Waals surface area contributed by atoms with E-state index in [0.29, 0.717) is 22.3 Å². The molecule has 0 aromatic heterocycles. The molecule has 0 aliphatic rings. The summed E-state index contributed by atoms with van der Waals surface area (Å²) in [5.74, 6) is 0. The van der Waals surface area contributed by atoms with Crippen molar-refractivity contribution in [2.45, 2.75) is 13.1 Å². The first-order valence-corrected chi connectivity index (χ1v) is 18.8. The number of halogens is 3. The Balaban J connectivity index is 1.19. The molecule has 0 bridgehead atoms. The van der Waals surface area contributed by atoms with Crippen molar-refractivity contribution in [3.05, 3.63) is 217 Å². The summed E-state index contributed by atoms with van der Waals surface area (Å²) in [6.45, 7) is 1.90. The zero-order chi connectivity index (χ0) is 48.8. The summed E-state index contributed by atoms with van der Waals surface area (Å²) in [6.07, 6.45) is -4.95. The molecule has 0 unspecified atom stereocenters. The first kappa shape index (κ1) is 26.5. The Bertz CT molecular complexity index is 3640. The van der Waals surface area contributed by atoms with Gasteiger partial charge in [0.1, 0.15) is 0 Å². The maximum atomic E-state index is 15.5. The number of nitrogens with zero attached hydrogens (tertiary/aromatic N) is 2. The monoisotopic (exact) mass is 780 g/mol. The maximum Gasteiger partial charge on any atom is 0.418 e. The number of rotatable bonds is 8. The van der Waals surface area contributed by atoms with Crippen LogP contribution in [0.3, 0.4) is 0 Å². The lowest BCUT2D eigenvalue weighted by atomic mass is 9.91. The standard InChI is InChI=1S/C54H37F3N2/c1-36-34-41(37-14-6-2-7-15-37)26-30-48(36)58(43-18-10-4-11-19-43)49-31-24-39-23-29-46-50(32-25-40-22-28-45(49)52(39)53(40)46)59(44-20-12-5-13-21-44)51-33-27-42(35-47(51)54(55,56)57)38-16-8-3-9-17-38/h2-35H,1H3/i2D,3D,6D,7D,8D,9D,14D,15D,16D,17D. The van der Waals surface area contributed by atoms with Crippen LogP contribution in [0.4, 0.5) is 47.3 Å². The summed E-state index contributed by atoms with van der Waals surface area (Å²) in [5, 5.41) is 4.88. The molecule has 10 aromatic carbocycles. The summed E-state index contributed by atoms with van der Waals surface area (Å²) in [4.78, 5) is 3.63. The zero-order valence-corrected chi connectivity index (χ0v) is 31.4. The Morgan fingerprint density at radius 2 is 0.847 bits per heavy atom. The van der Waals surface area contributed by atoms with E-state index >= 15 is 13.2 Å². The van der Waals surface area contributed by atoms with Crippen molar-refractivity contribution in [3.63, 3.8) is 0 Å². The number of alkyl halides is 3. The average molecular weight is 781 g/mol. The molecule has 0 fully saturated rings. The smallest absolute Gasteiger partial charge is 0.310 e. The van der Waals surface area contributed by atoms with Gasteiger partial charge < -0.3 is 9.80 Å². The van der Waals surface area contributed by atoms with E-state index < -0.39 is 60.1 Å². The number of aryl methyl sites for hydroxylation is 1. The Kier molecular flexibility index (Phi) is 6.54. The number of anilines is 6. The Morgan fingerprint density at radius 3 is 1.32 bits per heavy atom. The van der Waals surface area contributed by atoms with E-state index in [-0.39, 0.29) is 34.5 Å². The molecule has 284 valence electrons. The highest BCUT2D eigenvalue weighted by Gasteiger charge is 2.36. The highest BCUT2D eigenvalue weighted by molar-refractivity contribution is 6.28. The molecule has 0 saturated carbocycles. The predicted octanol–water partition coefficient (Wildman–Crippen LogP) is 16.2. The second kappa shape index (κ2) is 14.5. The van der Waals surface area contributed by atoms with Gasteiger partial charge in [-0.15, -0.1) is 0 Å². The fraction of sp³-hybridized carbons (Fsp3) is 0.0370. The van der Waals surface area contributed by atoms with Crippen LogP contribution in [0, 0.1) is 6.92 Å². The third kappa shape index (κ3) is 6.41. The molecule has 0 radical (unpaired) electrons. The summed E-state index contributed by atoms with van der Waals surface area (Å²) < 4.78 is 130. The van der Waals surface area contributed by atoms with Gasteiger partial charge in [0, 0.05) is 27.8 Å². The van der Waals surface area contributed by atoms with Gasteiger partial charge in [0.2, 0.25) is 0 Å². The van der Waals surface area contributed by atoms with E-state index in [9.17, 15) is 0 Å². The van der Waals surface area contributed by atoms with Gasteiger partial charge in [-0.25, -0.2) is 0 Å². The second-order valence-corrected chi connectivity index (χ2v) is 14.2. The first-order valence-electron chi connectivity index (χ1n) is 23.8. The van der Waals surface area contributed by atoms with Crippen molar-refractivity contribution in [1.82, 2.24) is 0 Å². The van der Waals surface area contributed by atoms with E-state index in [4.69, 9.17) is 13.7 Å². The van der Waals surface area contributed by atoms with Crippen molar-refractivity contribution in [1.29, 1.82) is 0 Å². The molecule has 2 nitrogen and oxygen atoms in total. The van der Waals surface area contributed by atoms with Crippen molar-refractivity contribution in [2.24, 2.45) is 0 Å². The average Bonchev–Trinajstić information content (AvgIpc) is 3.35. The molecule has 0 saturated heterocycles. The van der Waals surface area contributed by atoms with Gasteiger partial charge in [-0.3, -0.25) is 0 Å². The van der Waals surface area contributed by atoms with Gasteiger partial charge in [0.05, 0.1) is 36.3 Å². The molecule has 59 heavy (non-hydrogen) atoms. The van der Waals surface area contributed by atoms with Crippen molar-refractivity contribution >= 4 is 66.4 Å². The molecule has 0 heterocycles. The highest BCUT2D eigenvalue weighted by Crippen LogP contribution is 2.50. The van der Waals surface area contributed by atoms with Crippen LogP contribution >= 0.6 is 0 Å². The lowest BCUT2D eigenvalue weighted by Gasteiger charge is -2.31. The van der Waals surface area contributed by atoms with Crippen LogP contribution in [0.25, 0.3) is 54.6 Å². The third-order valence-electron chi connectivity index (χ3n) is 10.7. The Labute approximate surface area is 355 Å². The summed E-state index contributed by atoms with van der Waals surface area (Å²) in [5.41, 5.74) is 2.70. The van der Waals surface area contributed by atoms with E-state index in [1.165, 1.54) is 17.0 Å². The van der Waals surface area contributed by atoms with Crippen LogP contribution in [0.15, 0.2) is 206 Å². The molecule has 0 aliphatic carbocycles. The van der Waals surface area contributed by atoms with Gasteiger partial charge in [-0.1, -0.05) is 145 Å². The topological polar surface area (TPSA) is 6.48 Å². The van der Waals surface area contributed by atoms with Crippen LogP contribution in [0.2, 0.25) is 0 Å². The van der Waals surface area contributed by atoms with E-state index in [0.717, 1.165) is 55.6 Å². The maximum absolute atomic E-state index is 15.5. The minimum Gasteiger partial charge on any atom is -0.310 e. The lowest BCUT2D eigenvalue weighted by molar-refractivity contribution is -0.137. The van der Waals surface area contributed by atoms with Crippen LogP contribution in [0.5, 0.6) is 0 Å². The van der Waals surface area contributed by atoms with Gasteiger partial charge in [-0.05, 0) is 117 Å². The van der Waals surface area contributed by atoms with Crippen molar-refractivity contribution in [3.8, 4) is 22.3 Å². The molecular weight excluding hydrogens is 734 g/mol. The predicted molar refractivity (Wildman–Crippen MR) is 240 cm³/mol. The van der Waals surface area contributed by atoms with Crippen LogP contribution in [0.1, 0.15) is 24.8 Å². The SMILES string of the molecule is [2H]c1c([2H])c([2H])c(-c2ccc(N(c3ccccc3)c3ccc4ccc5c(N(c6ccccc6)c6ccc(-c7c([2H])c([2H])c([2H])c([2H])c7[2H])cc6C(F)(F)F)ccc6ccc3c4c65)c(C)c2)c([2H])c1[2H]. The zero-order valence-electron chi connectivity index (χ0n) is 41.4. The van der Waals surface area contributed by atoms with E-state index in [1.807, 2.05) is 91.9 Å². The van der Waals surface area contributed by atoms with Crippen LogP contribution < -0.4 is 9.80 Å². The third-order valence-corrected chi connectivity index (χ3v) is 10.7. The van der Waals surface area contributed by atoms with Crippen LogP contribution in [-0.2, 0) is 6.18 Å². The molecule has 0 atom stereocenters. The van der Waals surface area contributed by atoms with Crippen LogP contribution in [-0.4, -0.2) is 0 Å². The largest absolute Gasteiger partial charge is 0.418 e. The molecule has 0 amide bonds. The number of hydrogen-bond donors (Lipinski definition) is 0. The molecule has 5 heteroatoms. The van der Waals surface area contributed by atoms with Gasteiger partial charge >= 0.3 is 6.18 Å². The Hall–Kier alpha value is -7.37. The van der Waals surface area contributed by atoms with Gasteiger partial charge in [0.25, 0.3) is 0 Å². The highest BCUT2D eigenvalue weighted by atomic mass is 19.4. The first-order chi connectivity index (χ1) is 33.0. The Morgan fingerprint density at radius 1 is 0.424 bits per heavy atom. The minimum absolute atomic E-state index is 0.0948. The van der Waals surface area contributed by atoms with Crippen molar-refractivity contribution in [2.75, 3.05) is 9.80 Å². The van der Waals surface area contributed by atoms with Gasteiger partial charge in [-0.2, -0.15) is 13.2 Å². The summed E-state index contributed by atoms with van der Waals surface area (Å²) >= 11 is 0. The quantitative estimate of drug-likeness (QED) is 0.142. The van der Waals surface area contributed by atoms with Gasteiger partial charge in [0.15, 0.2) is 0 Å². The second-order valence-electron chi connectivity index (χ2n) is 14.2. The minimum atomic E-state index is -4.95. The summed E-state index contributed by atoms with van der Waals surface area (Å²) in [6, 6.07) is 37.7. The normalized spacial score (nSPS) is 14.1. The fourth-order valence-corrected chi connectivity index (χ4v) is 8.09. The number of hydrogen-bond acceptors (Lipinski definition) is 2. The summed E-state index contributed by atoms with van der Waals surface area (Å²) in [7, 11) is 0. The fourth-order valence-electron chi connectivity index (χ4n) is 8.09. The molecule has 0 aliphatic heterocycles. The molecular formula is C54H37F3N2. The molecule has 0 N–H and O–H groups in total.